The first kappa shape index (κ1) is 12.8. The molecule has 5 nitrogen and oxygen atoms in total. The summed E-state index contributed by atoms with van der Waals surface area (Å²) in [5.74, 6) is 0.858. The van der Waals surface area contributed by atoms with Crippen molar-refractivity contribution in [2.45, 2.75) is 18.0 Å². The molecule has 2 rings (SSSR count). The molecular formula is C12H14N2O3S. The fourth-order valence-electron chi connectivity index (χ4n) is 1.54. The van der Waals surface area contributed by atoms with Crippen LogP contribution in [0.15, 0.2) is 52.0 Å². The van der Waals surface area contributed by atoms with E-state index in [-0.39, 0.29) is 4.90 Å². The van der Waals surface area contributed by atoms with Crippen LogP contribution in [0.3, 0.4) is 0 Å². The van der Waals surface area contributed by atoms with Gasteiger partial charge in [-0.1, -0.05) is 12.1 Å². The summed E-state index contributed by atoms with van der Waals surface area (Å²) >= 11 is 0. The lowest BCUT2D eigenvalue weighted by Gasteiger charge is -2.04. The van der Waals surface area contributed by atoms with Gasteiger partial charge in [0.1, 0.15) is 5.76 Å². The molecule has 0 radical (unpaired) electrons. The molecule has 0 amide bonds. The minimum absolute atomic E-state index is 0.122. The van der Waals surface area contributed by atoms with E-state index >= 15 is 0 Å². The first-order valence-corrected chi connectivity index (χ1v) is 6.95. The van der Waals surface area contributed by atoms with Crippen molar-refractivity contribution in [2.75, 3.05) is 0 Å². The Balaban J connectivity index is 1.91. The number of benzene rings is 1. The number of nitrogens with two attached hydrogens (primary N) is 1. The van der Waals surface area contributed by atoms with Crippen molar-refractivity contribution in [2.24, 2.45) is 5.14 Å². The molecule has 1 aromatic carbocycles. The molecule has 0 unspecified atom stereocenters. The van der Waals surface area contributed by atoms with Crippen molar-refractivity contribution in [1.82, 2.24) is 5.32 Å². The summed E-state index contributed by atoms with van der Waals surface area (Å²) in [7, 11) is -3.61. The molecule has 0 fully saturated rings. The second-order valence-corrected chi connectivity index (χ2v) is 5.43. The predicted octanol–water partition coefficient (Wildman–Crippen LogP) is 1.22. The normalized spacial score (nSPS) is 11.6. The molecule has 0 spiro atoms. The second-order valence-electron chi connectivity index (χ2n) is 3.87. The van der Waals surface area contributed by atoms with Crippen LogP contribution in [0.2, 0.25) is 0 Å². The summed E-state index contributed by atoms with van der Waals surface area (Å²) in [6.07, 6.45) is 1.62. The Labute approximate surface area is 106 Å². The summed E-state index contributed by atoms with van der Waals surface area (Å²) in [5, 5.41) is 8.20. The molecule has 6 heteroatoms. The van der Waals surface area contributed by atoms with Gasteiger partial charge in [-0.3, -0.25) is 0 Å². The van der Waals surface area contributed by atoms with Gasteiger partial charge in [-0.25, -0.2) is 13.6 Å². The van der Waals surface area contributed by atoms with E-state index in [2.05, 4.69) is 5.32 Å². The third-order valence-corrected chi connectivity index (χ3v) is 3.39. The van der Waals surface area contributed by atoms with Crippen LogP contribution in [0, 0.1) is 0 Å². The van der Waals surface area contributed by atoms with Crippen LogP contribution in [0.4, 0.5) is 0 Å². The Hall–Kier alpha value is -1.63. The highest BCUT2D eigenvalue weighted by atomic mass is 32.2. The highest BCUT2D eigenvalue weighted by molar-refractivity contribution is 7.89. The molecule has 0 aliphatic heterocycles. The first-order chi connectivity index (χ1) is 8.55. The van der Waals surface area contributed by atoms with Crippen LogP contribution in [-0.4, -0.2) is 8.42 Å². The standard InChI is InChI=1S/C12H14N2O3S/c13-18(15,16)12-5-3-10(4-6-12)8-14-9-11-2-1-7-17-11/h1-7,14H,8-9H2,(H2,13,15,16). The molecule has 0 bridgehead atoms. The highest BCUT2D eigenvalue weighted by Gasteiger charge is 2.06. The minimum atomic E-state index is -3.61. The molecule has 0 aliphatic carbocycles. The van der Waals surface area contributed by atoms with Crippen LogP contribution < -0.4 is 10.5 Å². The number of furan rings is 1. The lowest BCUT2D eigenvalue weighted by molar-refractivity contribution is 0.483. The van der Waals surface area contributed by atoms with E-state index in [0.717, 1.165) is 11.3 Å². The van der Waals surface area contributed by atoms with Gasteiger partial charge in [0, 0.05) is 6.54 Å². The van der Waals surface area contributed by atoms with Gasteiger partial charge in [-0.15, -0.1) is 0 Å². The number of hydrogen-bond donors (Lipinski definition) is 2. The summed E-state index contributed by atoms with van der Waals surface area (Å²) in [6.45, 7) is 1.26. The molecule has 3 N–H and O–H groups in total. The smallest absolute Gasteiger partial charge is 0.238 e. The molecule has 96 valence electrons. The largest absolute Gasteiger partial charge is 0.468 e. The molecule has 1 aromatic heterocycles. The number of primary sulfonamides is 1. The Bertz CT molecular complexity index is 589. The van der Waals surface area contributed by atoms with Crippen molar-refractivity contribution in [3.05, 3.63) is 54.0 Å². The van der Waals surface area contributed by atoms with Gasteiger partial charge in [0.05, 0.1) is 17.7 Å². The topological polar surface area (TPSA) is 85.3 Å². The molecule has 1 heterocycles. The zero-order chi connectivity index (χ0) is 13.0. The van der Waals surface area contributed by atoms with Gasteiger partial charge in [0.15, 0.2) is 0 Å². The van der Waals surface area contributed by atoms with Gasteiger partial charge in [0.2, 0.25) is 10.0 Å². The maximum Gasteiger partial charge on any atom is 0.238 e. The van der Waals surface area contributed by atoms with Crippen molar-refractivity contribution in [3.63, 3.8) is 0 Å². The molecule has 0 aliphatic rings. The van der Waals surface area contributed by atoms with Gasteiger partial charge in [-0.05, 0) is 29.8 Å². The van der Waals surface area contributed by atoms with Crippen LogP contribution in [0.5, 0.6) is 0 Å². The minimum Gasteiger partial charge on any atom is -0.468 e. The lowest BCUT2D eigenvalue weighted by Crippen LogP contribution is -2.14. The van der Waals surface area contributed by atoms with E-state index in [1.807, 2.05) is 12.1 Å². The van der Waals surface area contributed by atoms with Crippen molar-refractivity contribution in [3.8, 4) is 0 Å². The Kier molecular flexibility index (Phi) is 3.81. The average Bonchev–Trinajstić information content (AvgIpc) is 2.82. The van der Waals surface area contributed by atoms with E-state index in [4.69, 9.17) is 9.56 Å². The number of hydrogen-bond acceptors (Lipinski definition) is 4. The lowest BCUT2D eigenvalue weighted by atomic mass is 10.2. The molecule has 18 heavy (non-hydrogen) atoms. The van der Waals surface area contributed by atoms with E-state index in [9.17, 15) is 8.42 Å². The molecule has 2 aromatic rings. The van der Waals surface area contributed by atoms with Crippen LogP contribution in [0.25, 0.3) is 0 Å². The van der Waals surface area contributed by atoms with Gasteiger partial charge in [0.25, 0.3) is 0 Å². The predicted molar refractivity (Wildman–Crippen MR) is 67.1 cm³/mol. The Morgan fingerprint density at radius 1 is 1.11 bits per heavy atom. The molecule has 0 atom stereocenters. The number of rotatable bonds is 5. The van der Waals surface area contributed by atoms with Crippen LogP contribution >= 0.6 is 0 Å². The molecule has 0 saturated heterocycles. The zero-order valence-corrected chi connectivity index (χ0v) is 10.5. The number of nitrogens with one attached hydrogen (secondary N) is 1. The quantitative estimate of drug-likeness (QED) is 0.852. The zero-order valence-electron chi connectivity index (χ0n) is 9.67. The monoisotopic (exact) mass is 266 g/mol. The van der Waals surface area contributed by atoms with Gasteiger partial charge >= 0.3 is 0 Å². The van der Waals surface area contributed by atoms with Crippen molar-refractivity contribution >= 4 is 10.0 Å². The van der Waals surface area contributed by atoms with E-state index < -0.39 is 10.0 Å². The highest BCUT2D eigenvalue weighted by Crippen LogP contribution is 2.08. The van der Waals surface area contributed by atoms with Crippen molar-refractivity contribution < 1.29 is 12.8 Å². The first-order valence-electron chi connectivity index (χ1n) is 5.40. The van der Waals surface area contributed by atoms with Crippen LogP contribution in [0.1, 0.15) is 11.3 Å². The summed E-state index contributed by atoms with van der Waals surface area (Å²) in [5.41, 5.74) is 0.981. The third kappa shape index (κ3) is 3.43. The van der Waals surface area contributed by atoms with E-state index in [1.54, 1.807) is 18.4 Å². The maximum absolute atomic E-state index is 11.1. The molecule has 0 saturated carbocycles. The fourth-order valence-corrected chi connectivity index (χ4v) is 2.06. The van der Waals surface area contributed by atoms with Gasteiger partial charge in [-0.2, -0.15) is 0 Å². The summed E-state index contributed by atoms with van der Waals surface area (Å²) in [4.78, 5) is 0.122. The number of sulfonamides is 1. The van der Waals surface area contributed by atoms with E-state index in [1.165, 1.54) is 12.1 Å². The summed E-state index contributed by atoms with van der Waals surface area (Å²) in [6, 6.07) is 10.2. The van der Waals surface area contributed by atoms with Crippen LogP contribution in [-0.2, 0) is 23.1 Å². The Morgan fingerprint density at radius 2 is 1.83 bits per heavy atom. The van der Waals surface area contributed by atoms with Gasteiger partial charge < -0.3 is 9.73 Å². The average molecular weight is 266 g/mol. The second kappa shape index (κ2) is 5.34. The SMILES string of the molecule is NS(=O)(=O)c1ccc(CNCc2ccco2)cc1. The van der Waals surface area contributed by atoms with E-state index in [0.29, 0.717) is 13.1 Å². The maximum atomic E-state index is 11.1. The Morgan fingerprint density at radius 3 is 2.39 bits per heavy atom. The fraction of sp³-hybridized carbons (Fsp3) is 0.167. The summed E-state index contributed by atoms with van der Waals surface area (Å²) < 4.78 is 27.3. The molecular weight excluding hydrogens is 252 g/mol. The van der Waals surface area contributed by atoms with Crippen molar-refractivity contribution in [1.29, 1.82) is 0 Å². The third-order valence-electron chi connectivity index (χ3n) is 2.46.